The zero-order valence-corrected chi connectivity index (χ0v) is 8.40. The maximum atomic E-state index is 5.45. The topological polar surface area (TPSA) is 47.3 Å². The summed E-state index contributed by atoms with van der Waals surface area (Å²) in [5.41, 5.74) is 2.84. The zero-order chi connectivity index (χ0) is 8.81. The number of nitrogens with one attached hydrogen (secondary N) is 1. The van der Waals surface area contributed by atoms with Crippen LogP contribution in [0.3, 0.4) is 0 Å². The first kappa shape index (κ1) is 10.3. The standard InChI is InChI=1S/C8H18N2OS/c1-2-11-5-8(10-9)7-3-4-12-6-7/h7-8,10H,2-6,9H2,1H3. The number of thioether (sulfide) groups is 1. The molecule has 0 aromatic carbocycles. The average molecular weight is 190 g/mol. The largest absolute Gasteiger partial charge is 0.380 e. The molecule has 0 amide bonds. The number of rotatable bonds is 5. The third kappa shape index (κ3) is 2.94. The molecule has 1 aliphatic heterocycles. The van der Waals surface area contributed by atoms with Gasteiger partial charge >= 0.3 is 0 Å². The van der Waals surface area contributed by atoms with Gasteiger partial charge in [-0.15, -0.1) is 0 Å². The lowest BCUT2D eigenvalue weighted by Crippen LogP contribution is -2.44. The monoisotopic (exact) mass is 190 g/mol. The van der Waals surface area contributed by atoms with Crippen LogP contribution < -0.4 is 11.3 Å². The van der Waals surface area contributed by atoms with Crippen molar-refractivity contribution < 1.29 is 4.74 Å². The van der Waals surface area contributed by atoms with E-state index in [0.717, 1.165) is 13.2 Å². The number of ether oxygens (including phenoxy) is 1. The Balaban J connectivity index is 2.22. The Bertz CT molecular complexity index is 118. The van der Waals surface area contributed by atoms with E-state index in [1.54, 1.807) is 0 Å². The zero-order valence-electron chi connectivity index (χ0n) is 7.58. The Hall–Kier alpha value is 0.230. The molecule has 72 valence electrons. The van der Waals surface area contributed by atoms with Crippen molar-refractivity contribution in [3.05, 3.63) is 0 Å². The van der Waals surface area contributed by atoms with Crippen molar-refractivity contribution in [3.8, 4) is 0 Å². The Morgan fingerprint density at radius 2 is 2.58 bits per heavy atom. The van der Waals surface area contributed by atoms with Crippen LogP contribution in [0.4, 0.5) is 0 Å². The van der Waals surface area contributed by atoms with Crippen LogP contribution in [-0.2, 0) is 4.74 Å². The Morgan fingerprint density at radius 3 is 3.08 bits per heavy atom. The molecular weight excluding hydrogens is 172 g/mol. The minimum absolute atomic E-state index is 0.347. The molecule has 1 saturated heterocycles. The molecule has 3 N–H and O–H groups in total. The van der Waals surface area contributed by atoms with Crippen LogP contribution in [-0.4, -0.2) is 30.8 Å². The third-order valence-corrected chi connectivity index (χ3v) is 3.44. The van der Waals surface area contributed by atoms with Gasteiger partial charge in [0.15, 0.2) is 0 Å². The molecule has 4 heteroatoms. The van der Waals surface area contributed by atoms with Crippen LogP contribution in [0.2, 0.25) is 0 Å². The normalized spacial score (nSPS) is 26.0. The van der Waals surface area contributed by atoms with Crippen LogP contribution in [0.1, 0.15) is 13.3 Å². The van der Waals surface area contributed by atoms with Crippen molar-refractivity contribution in [2.45, 2.75) is 19.4 Å². The molecule has 12 heavy (non-hydrogen) atoms. The first-order valence-electron chi connectivity index (χ1n) is 4.50. The maximum Gasteiger partial charge on any atom is 0.0635 e. The van der Waals surface area contributed by atoms with E-state index in [1.165, 1.54) is 17.9 Å². The van der Waals surface area contributed by atoms with E-state index in [2.05, 4.69) is 5.43 Å². The summed E-state index contributed by atoms with van der Waals surface area (Å²) in [6.07, 6.45) is 1.27. The molecule has 0 saturated carbocycles. The van der Waals surface area contributed by atoms with Crippen LogP contribution >= 0.6 is 11.8 Å². The second-order valence-electron chi connectivity index (χ2n) is 3.06. The van der Waals surface area contributed by atoms with Crippen molar-refractivity contribution in [3.63, 3.8) is 0 Å². The molecule has 0 aromatic rings. The Labute approximate surface area is 78.4 Å². The lowest BCUT2D eigenvalue weighted by Gasteiger charge is -2.21. The quantitative estimate of drug-likeness (QED) is 0.492. The van der Waals surface area contributed by atoms with Crippen molar-refractivity contribution in [2.24, 2.45) is 11.8 Å². The third-order valence-electron chi connectivity index (χ3n) is 2.25. The highest BCUT2D eigenvalue weighted by molar-refractivity contribution is 7.99. The van der Waals surface area contributed by atoms with Crippen LogP contribution in [0.5, 0.6) is 0 Å². The summed E-state index contributed by atoms with van der Waals surface area (Å²) in [5, 5.41) is 0. The number of hydrazine groups is 1. The highest BCUT2D eigenvalue weighted by Crippen LogP contribution is 2.25. The van der Waals surface area contributed by atoms with E-state index in [4.69, 9.17) is 10.6 Å². The molecule has 1 rings (SSSR count). The van der Waals surface area contributed by atoms with Gasteiger partial charge in [-0.2, -0.15) is 11.8 Å². The van der Waals surface area contributed by atoms with Crippen molar-refractivity contribution in [1.29, 1.82) is 0 Å². The number of hydrogen-bond donors (Lipinski definition) is 2. The SMILES string of the molecule is CCOCC(NN)C1CCSC1. The van der Waals surface area contributed by atoms with Gasteiger partial charge in [0.05, 0.1) is 6.61 Å². The van der Waals surface area contributed by atoms with Crippen molar-refractivity contribution in [2.75, 3.05) is 24.7 Å². The second-order valence-corrected chi connectivity index (χ2v) is 4.21. The first-order valence-corrected chi connectivity index (χ1v) is 5.65. The van der Waals surface area contributed by atoms with Gasteiger partial charge in [0, 0.05) is 12.6 Å². The summed E-state index contributed by atoms with van der Waals surface area (Å²) < 4.78 is 5.35. The van der Waals surface area contributed by atoms with Crippen LogP contribution in [0.15, 0.2) is 0 Å². The molecule has 0 bridgehead atoms. The molecule has 0 aromatic heterocycles. The van der Waals surface area contributed by atoms with Crippen LogP contribution in [0.25, 0.3) is 0 Å². The molecule has 1 heterocycles. The molecule has 0 spiro atoms. The van der Waals surface area contributed by atoms with Gasteiger partial charge in [0.1, 0.15) is 0 Å². The molecule has 2 unspecified atom stereocenters. The predicted molar refractivity (Wildman–Crippen MR) is 53.0 cm³/mol. The lowest BCUT2D eigenvalue weighted by molar-refractivity contribution is 0.107. The molecule has 0 radical (unpaired) electrons. The number of hydrogen-bond acceptors (Lipinski definition) is 4. The van der Waals surface area contributed by atoms with Crippen molar-refractivity contribution in [1.82, 2.24) is 5.43 Å². The summed E-state index contributed by atoms with van der Waals surface area (Å²) in [7, 11) is 0. The second kappa shape index (κ2) is 5.80. The minimum atomic E-state index is 0.347. The predicted octanol–water partition coefficient (Wildman–Crippen LogP) is 0.608. The van der Waals surface area contributed by atoms with Gasteiger partial charge in [0.25, 0.3) is 0 Å². The van der Waals surface area contributed by atoms with E-state index >= 15 is 0 Å². The van der Waals surface area contributed by atoms with E-state index in [-0.39, 0.29) is 0 Å². The van der Waals surface area contributed by atoms with Gasteiger partial charge in [-0.1, -0.05) is 0 Å². The van der Waals surface area contributed by atoms with Gasteiger partial charge in [0.2, 0.25) is 0 Å². The first-order chi connectivity index (χ1) is 5.88. The lowest BCUT2D eigenvalue weighted by atomic mass is 10.0. The Morgan fingerprint density at radius 1 is 1.75 bits per heavy atom. The summed E-state index contributed by atoms with van der Waals surface area (Å²) in [6.45, 7) is 3.53. The number of nitrogens with two attached hydrogens (primary N) is 1. The molecule has 2 atom stereocenters. The molecule has 1 aliphatic rings. The fraction of sp³-hybridized carbons (Fsp3) is 1.00. The average Bonchev–Trinajstić information content (AvgIpc) is 2.59. The molecular formula is C8H18N2OS. The maximum absolute atomic E-state index is 5.45. The summed E-state index contributed by atoms with van der Waals surface area (Å²) in [4.78, 5) is 0. The summed E-state index contributed by atoms with van der Waals surface area (Å²) >= 11 is 2.01. The molecule has 0 aliphatic carbocycles. The molecule has 3 nitrogen and oxygen atoms in total. The van der Waals surface area contributed by atoms with E-state index < -0.39 is 0 Å². The summed E-state index contributed by atoms with van der Waals surface area (Å²) in [6, 6.07) is 0.347. The fourth-order valence-corrected chi connectivity index (χ4v) is 2.77. The van der Waals surface area contributed by atoms with Gasteiger partial charge in [-0.3, -0.25) is 11.3 Å². The van der Waals surface area contributed by atoms with E-state index in [9.17, 15) is 0 Å². The minimum Gasteiger partial charge on any atom is -0.380 e. The smallest absolute Gasteiger partial charge is 0.0635 e. The van der Waals surface area contributed by atoms with Gasteiger partial charge in [-0.25, -0.2) is 0 Å². The highest BCUT2D eigenvalue weighted by Gasteiger charge is 2.24. The highest BCUT2D eigenvalue weighted by atomic mass is 32.2. The van der Waals surface area contributed by atoms with Crippen LogP contribution in [0, 0.1) is 5.92 Å². The fourth-order valence-electron chi connectivity index (χ4n) is 1.44. The Kier molecular flexibility index (Phi) is 4.99. The summed E-state index contributed by atoms with van der Waals surface area (Å²) in [5.74, 6) is 8.65. The van der Waals surface area contributed by atoms with Gasteiger partial charge in [-0.05, 0) is 30.8 Å². The van der Waals surface area contributed by atoms with Gasteiger partial charge < -0.3 is 4.74 Å². The van der Waals surface area contributed by atoms with E-state index in [0.29, 0.717) is 12.0 Å². The molecule has 1 fully saturated rings. The van der Waals surface area contributed by atoms with E-state index in [1.807, 2.05) is 18.7 Å². The van der Waals surface area contributed by atoms with Crippen molar-refractivity contribution >= 4 is 11.8 Å².